The molecule has 1 N–H and O–H groups in total. The minimum atomic E-state index is -0.562. The molecular formula is C10H14ClN3O3. The molecule has 0 saturated carbocycles. The highest BCUT2D eigenvalue weighted by molar-refractivity contribution is 6.30. The molecule has 0 amide bonds. The number of halogens is 1. The van der Waals surface area contributed by atoms with Gasteiger partial charge >= 0.3 is 5.69 Å². The summed E-state index contributed by atoms with van der Waals surface area (Å²) in [7, 11) is 0. The van der Waals surface area contributed by atoms with Crippen LogP contribution >= 0.6 is 11.6 Å². The Morgan fingerprint density at radius 2 is 2.35 bits per heavy atom. The molecule has 1 aromatic heterocycles. The maximum absolute atomic E-state index is 10.7. The average molecular weight is 260 g/mol. The van der Waals surface area contributed by atoms with E-state index in [1.807, 2.05) is 0 Å². The lowest BCUT2D eigenvalue weighted by Crippen LogP contribution is -2.22. The van der Waals surface area contributed by atoms with E-state index in [0.717, 1.165) is 13.0 Å². The summed E-state index contributed by atoms with van der Waals surface area (Å²) in [5.74, 6) is -0.00213. The molecule has 0 saturated heterocycles. The molecule has 94 valence electrons. The van der Waals surface area contributed by atoms with Gasteiger partial charge in [-0.2, -0.15) is 0 Å². The fourth-order valence-electron chi connectivity index (χ4n) is 1.18. The standard InChI is InChI=1S/C10H14ClN3O3/c1-2-3-12-4-5-17-10-9(14(15)16)6-8(11)7-13-10/h6-7,12H,2-5H2,1H3. The maximum atomic E-state index is 10.7. The molecule has 1 rings (SSSR count). The van der Waals surface area contributed by atoms with E-state index >= 15 is 0 Å². The molecule has 0 spiro atoms. The van der Waals surface area contributed by atoms with Gasteiger partial charge in [0.25, 0.3) is 5.88 Å². The Kier molecular flexibility index (Phi) is 5.65. The molecule has 0 aliphatic rings. The lowest BCUT2D eigenvalue weighted by atomic mass is 10.4. The van der Waals surface area contributed by atoms with Crippen molar-refractivity contribution in [3.05, 3.63) is 27.4 Å². The van der Waals surface area contributed by atoms with Crippen molar-refractivity contribution in [1.29, 1.82) is 0 Å². The molecule has 0 bridgehead atoms. The van der Waals surface area contributed by atoms with E-state index in [4.69, 9.17) is 16.3 Å². The molecule has 1 heterocycles. The van der Waals surface area contributed by atoms with Crippen LogP contribution < -0.4 is 10.1 Å². The first-order valence-corrected chi connectivity index (χ1v) is 5.66. The average Bonchev–Trinajstić information content (AvgIpc) is 2.30. The summed E-state index contributed by atoms with van der Waals surface area (Å²) < 4.78 is 5.23. The number of nitrogens with zero attached hydrogens (tertiary/aromatic N) is 2. The summed E-state index contributed by atoms with van der Waals surface area (Å²) in [5.41, 5.74) is -0.215. The largest absolute Gasteiger partial charge is 0.471 e. The third-order valence-corrected chi connectivity index (χ3v) is 2.15. The van der Waals surface area contributed by atoms with Gasteiger partial charge in [-0.25, -0.2) is 4.98 Å². The van der Waals surface area contributed by atoms with Gasteiger partial charge in [0.15, 0.2) is 0 Å². The molecule has 7 heteroatoms. The minimum Gasteiger partial charge on any atom is -0.471 e. The number of aromatic nitrogens is 1. The van der Waals surface area contributed by atoms with Gasteiger partial charge in [0, 0.05) is 12.6 Å². The molecule has 0 aliphatic heterocycles. The summed E-state index contributed by atoms with van der Waals surface area (Å²) in [5, 5.41) is 14.1. The lowest BCUT2D eigenvalue weighted by Gasteiger charge is -2.06. The predicted molar refractivity (Wildman–Crippen MR) is 64.6 cm³/mol. The van der Waals surface area contributed by atoms with E-state index in [-0.39, 0.29) is 16.6 Å². The first kappa shape index (κ1) is 13.7. The third kappa shape index (κ3) is 4.54. The zero-order valence-corrected chi connectivity index (χ0v) is 10.2. The van der Waals surface area contributed by atoms with Crippen LogP contribution in [0.1, 0.15) is 13.3 Å². The molecule has 0 atom stereocenters. The van der Waals surface area contributed by atoms with Crippen molar-refractivity contribution in [3.8, 4) is 5.88 Å². The number of hydrogen-bond donors (Lipinski definition) is 1. The highest BCUT2D eigenvalue weighted by Gasteiger charge is 2.17. The van der Waals surface area contributed by atoms with E-state index in [2.05, 4.69) is 17.2 Å². The normalized spacial score (nSPS) is 10.2. The van der Waals surface area contributed by atoms with Gasteiger partial charge in [0.2, 0.25) is 0 Å². The number of nitrogens with one attached hydrogen (secondary N) is 1. The summed E-state index contributed by atoms with van der Waals surface area (Å²) in [6, 6.07) is 1.23. The Balaban J connectivity index is 2.55. The van der Waals surface area contributed by atoms with Crippen LogP contribution in [-0.2, 0) is 0 Å². The van der Waals surface area contributed by atoms with Crippen molar-refractivity contribution >= 4 is 17.3 Å². The van der Waals surface area contributed by atoms with Crippen LogP contribution in [0.3, 0.4) is 0 Å². The number of rotatable bonds is 7. The first-order chi connectivity index (χ1) is 8.15. The summed E-state index contributed by atoms with van der Waals surface area (Å²) in [6.07, 6.45) is 2.35. The molecule has 0 aromatic carbocycles. The Morgan fingerprint density at radius 1 is 1.59 bits per heavy atom. The van der Waals surface area contributed by atoms with E-state index in [1.54, 1.807) is 0 Å². The van der Waals surface area contributed by atoms with Crippen LogP contribution in [0, 0.1) is 10.1 Å². The topological polar surface area (TPSA) is 77.3 Å². The number of hydrogen-bond acceptors (Lipinski definition) is 5. The predicted octanol–water partition coefficient (Wildman–Crippen LogP) is 2.02. The Morgan fingerprint density at radius 3 is 3.00 bits per heavy atom. The molecule has 0 radical (unpaired) electrons. The van der Waals surface area contributed by atoms with Crippen LogP contribution in [0.25, 0.3) is 0 Å². The van der Waals surface area contributed by atoms with Crippen molar-refractivity contribution in [2.45, 2.75) is 13.3 Å². The number of nitro groups is 1. The second-order valence-electron chi connectivity index (χ2n) is 3.33. The second-order valence-corrected chi connectivity index (χ2v) is 3.77. The fourth-order valence-corrected chi connectivity index (χ4v) is 1.33. The van der Waals surface area contributed by atoms with E-state index < -0.39 is 4.92 Å². The Labute approximate surface area is 104 Å². The zero-order valence-electron chi connectivity index (χ0n) is 9.48. The van der Waals surface area contributed by atoms with Gasteiger partial charge in [-0.3, -0.25) is 10.1 Å². The molecule has 1 aromatic rings. The van der Waals surface area contributed by atoms with Crippen LogP contribution in [0.2, 0.25) is 5.02 Å². The quantitative estimate of drug-likeness (QED) is 0.460. The Hall–Kier alpha value is -1.40. The molecule has 17 heavy (non-hydrogen) atoms. The van der Waals surface area contributed by atoms with Gasteiger partial charge in [-0.1, -0.05) is 18.5 Å². The van der Waals surface area contributed by atoms with Crippen LogP contribution in [-0.4, -0.2) is 29.6 Å². The Bertz CT molecular complexity index is 387. The summed E-state index contributed by atoms with van der Waals surface area (Å²) in [4.78, 5) is 14.0. The molecule has 6 nitrogen and oxygen atoms in total. The smallest absolute Gasteiger partial charge is 0.332 e. The fraction of sp³-hybridized carbons (Fsp3) is 0.500. The summed E-state index contributed by atoms with van der Waals surface area (Å²) in [6.45, 7) is 3.89. The van der Waals surface area contributed by atoms with Crippen molar-refractivity contribution < 1.29 is 9.66 Å². The van der Waals surface area contributed by atoms with Crippen LogP contribution in [0.5, 0.6) is 5.88 Å². The van der Waals surface area contributed by atoms with Gasteiger partial charge in [0.1, 0.15) is 6.61 Å². The van der Waals surface area contributed by atoms with Crippen molar-refractivity contribution in [2.24, 2.45) is 0 Å². The molecular weight excluding hydrogens is 246 g/mol. The molecule has 0 fully saturated rings. The molecule has 0 aliphatic carbocycles. The minimum absolute atomic E-state index is 0.00213. The van der Waals surface area contributed by atoms with Gasteiger partial charge in [-0.05, 0) is 13.0 Å². The number of ether oxygens (including phenoxy) is 1. The molecule has 0 unspecified atom stereocenters. The van der Waals surface area contributed by atoms with E-state index in [9.17, 15) is 10.1 Å². The number of pyridine rings is 1. The first-order valence-electron chi connectivity index (χ1n) is 5.28. The van der Waals surface area contributed by atoms with Gasteiger partial charge in [0.05, 0.1) is 16.1 Å². The summed E-state index contributed by atoms with van der Waals surface area (Å²) >= 11 is 5.63. The van der Waals surface area contributed by atoms with Crippen molar-refractivity contribution in [1.82, 2.24) is 10.3 Å². The van der Waals surface area contributed by atoms with Crippen molar-refractivity contribution in [3.63, 3.8) is 0 Å². The lowest BCUT2D eigenvalue weighted by molar-refractivity contribution is -0.386. The van der Waals surface area contributed by atoms with Crippen molar-refractivity contribution in [2.75, 3.05) is 19.7 Å². The monoisotopic (exact) mass is 259 g/mol. The maximum Gasteiger partial charge on any atom is 0.332 e. The van der Waals surface area contributed by atoms with E-state index in [1.165, 1.54) is 12.3 Å². The highest BCUT2D eigenvalue weighted by Crippen LogP contribution is 2.26. The SMILES string of the molecule is CCCNCCOc1ncc(Cl)cc1[N+](=O)[O-]. The van der Waals surface area contributed by atoms with Gasteiger partial charge in [-0.15, -0.1) is 0 Å². The zero-order chi connectivity index (χ0) is 12.7. The van der Waals surface area contributed by atoms with Gasteiger partial charge < -0.3 is 10.1 Å². The highest BCUT2D eigenvalue weighted by atomic mass is 35.5. The third-order valence-electron chi connectivity index (χ3n) is 1.94. The van der Waals surface area contributed by atoms with E-state index in [0.29, 0.717) is 13.2 Å². The second kappa shape index (κ2) is 7.03. The van der Waals surface area contributed by atoms with Crippen LogP contribution in [0.15, 0.2) is 12.3 Å². The van der Waals surface area contributed by atoms with Crippen LogP contribution in [0.4, 0.5) is 5.69 Å².